The first kappa shape index (κ1) is 15.9. The minimum absolute atomic E-state index is 0.579. The van der Waals surface area contributed by atoms with E-state index in [1.165, 1.54) is 44.8 Å². The van der Waals surface area contributed by atoms with E-state index in [0.717, 1.165) is 6.54 Å². The number of hydrogen-bond acceptors (Lipinski definition) is 1. The lowest BCUT2D eigenvalue weighted by atomic mass is 9.97. The van der Waals surface area contributed by atoms with Crippen molar-refractivity contribution in [1.29, 1.82) is 0 Å². The van der Waals surface area contributed by atoms with Crippen LogP contribution in [0.3, 0.4) is 0 Å². The molecule has 0 spiro atoms. The van der Waals surface area contributed by atoms with Crippen LogP contribution in [0, 0.1) is 48.2 Å². The largest absolute Gasteiger partial charge is 0.377 e. The van der Waals surface area contributed by atoms with Crippen LogP contribution in [0.25, 0.3) is 0 Å². The average molecular weight is 305 g/mol. The van der Waals surface area contributed by atoms with Crippen LogP contribution in [-0.4, -0.2) is 12.8 Å². The van der Waals surface area contributed by atoms with E-state index in [0.29, 0.717) is 4.48 Å². The van der Waals surface area contributed by atoms with Crippen LogP contribution in [-0.2, 0) is 0 Å². The molecule has 2 nitrogen and oxygen atoms in total. The molecule has 0 atom stereocenters. The maximum atomic E-state index is 4.40. The lowest BCUT2D eigenvalue weighted by molar-refractivity contribution is 0.526. The van der Waals surface area contributed by atoms with Crippen molar-refractivity contribution in [1.82, 2.24) is 4.48 Å². The summed E-state index contributed by atoms with van der Waals surface area (Å²) in [4.78, 5) is 4.40. The van der Waals surface area contributed by atoms with Gasteiger partial charge in [-0.3, -0.25) is 0 Å². The molecule has 23 heavy (non-hydrogen) atoms. The Labute approximate surface area is 140 Å². The predicted octanol–water partition coefficient (Wildman–Crippen LogP) is 5.26. The van der Waals surface area contributed by atoms with Crippen LogP contribution in [0.5, 0.6) is 0 Å². The first-order chi connectivity index (χ1) is 10.8. The fourth-order valence-electron chi connectivity index (χ4n) is 4.29. The van der Waals surface area contributed by atoms with Crippen molar-refractivity contribution in [3.05, 3.63) is 64.3 Å². The topological polar surface area (TPSA) is 12.4 Å². The summed E-state index contributed by atoms with van der Waals surface area (Å²) in [7, 11) is 0. The van der Waals surface area contributed by atoms with Crippen LogP contribution in [0.2, 0.25) is 0 Å². The maximum Gasteiger partial charge on any atom is 0.377 e. The van der Waals surface area contributed by atoms with E-state index >= 15 is 0 Å². The quantitative estimate of drug-likeness (QED) is 0.671. The Morgan fingerprint density at radius 3 is 1.43 bits per heavy atom. The van der Waals surface area contributed by atoms with Gasteiger partial charge in [0.2, 0.25) is 0 Å². The van der Waals surface area contributed by atoms with Gasteiger partial charge in [0.15, 0.2) is 0 Å². The Morgan fingerprint density at radius 2 is 1.13 bits per heavy atom. The number of benzene rings is 2. The summed E-state index contributed by atoms with van der Waals surface area (Å²) in [6.45, 7) is 17.4. The Hall–Kier alpha value is -1.93. The molecule has 3 rings (SSSR count). The summed E-state index contributed by atoms with van der Waals surface area (Å²) in [6, 6.07) is 9.06. The van der Waals surface area contributed by atoms with E-state index in [1.807, 2.05) is 6.21 Å². The highest BCUT2D eigenvalue weighted by Crippen LogP contribution is 2.45. The zero-order valence-corrected chi connectivity index (χ0v) is 15.0. The second kappa shape index (κ2) is 5.61. The normalized spacial score (nSPS) is 16.1. The number of quaternary nitrogens is 1. The first-order valence-electron chi connectivity index (χ1n) is 8.19. The van der Waals surface area contributed by atoms with E-state index in [1.54, 1.807) is 0 Å². The van der Waals surface area contributed by atoms with E-state index in [4.69, 9.17) is 0 Å². The van der Waals surface area contributed by atoms with E-state index in [2.05, 4.69) is 77.5 Å². The van der Waals surface area contributed by atoms with Crippen LogP contribution in [0.15, 0.2) is 29.3 Å². The van der Waals surface area contributed by atoms with Crippen LogP contribution in [0.4, 0.5) is 11.4 Å². The maximum absolute atomic E-state index is 4.40. The van der Waals surface area contributed by atoms with Gasteiger partial charge in [-0.15, -0.1) is 0 Å². The third kappa shape index (κ3) is 2.51. The average Bonchev–Trinajstić information content (AvgIpc) is 2.85. The minimum Gasteiger partial charge on any atom is -0.214 e. The molecular formula is C21H25N2+. The van der Waals surface area contributed by atoms with Gasteiger partial charge in [-0.1, -0.05) is 35.4 Å². The Kier molecular flexibility index (Phi) is 3.89. The van der Waals surface area contributed by atoms with Crippen molar-refractivity contribution < 1.29 is 0 Å². The molecular weight excluding hydrogens is 280 g/mol. The molecule has 118 valence electrons. The third-order valence-electron chi connectivity index (χ3n) is 4.71. The van der Waals surface area contributed by atoms with Gasteiger partial charge in [0.05, 0.1) is 6.21 Å². The second-order valence-electron chi connectivity index (χ2n) is 6.90. The van der Waals surface area contributed by atoms with Crippen LogP contribution >= 0.6 is 0 Å². The molecule has 0 bridgehead atoms. The van der Waals surface area contributed by atoms with Crippen molar-refractivity contribution in [3.63, 3.8) is 0 Å². The summed E-state index contributed by atoms with van der Waals surface area (Å²) in [5, 5.41) is 0. The van der Waals surface area contributed by atoms with Gasteiger partial charge >= 0.3 is 6.67 Å². The molecule has 0 unspecified atom stereocenters. The van der Waals surface area contributed by atoms with Gasteiger partial charge in [0.1, 0.15) is 17.9 Å². The van der Waals surface area contributed by atoms with Crippen molar-refractivity contribution in [3.8, 4) is 0 Å². The SMILES string of the molecule is Cc1cc(C)c([N+]2(c3c(C)cc(C)cc3C)[C]N=CC2)c(C)c1. The molecule has 2 aromatic rings. The van der Waals surface area contributed by atoms with Crippen molar-refractivity contribution in [2.24, 2.45) is 4.99 Å². The Balaban J connectivity index is 2.32. The molecule has 0 N–H and O–H groups in total. The highest BCUT2D eigenvalue weighted by molar-refractivity contribution is 5.80. The summed E-state index contributed by atoms with van der Waals surface area (Å²) in [6.07, 6.45) is 1.98. The fourth-order valence-corrected chi connectivity index (χ4v) is 4.29. The van der Waals surface area contributed by atoms with Crippen molar-refractivity contribution >= 4 is 17.6 Å². The summed E-state index contributed by atoms with van der Waals surface area (Å²) < 4.78 is 0.579. The molecule has 1 aliphatic rings. The molecule has 0 saturated carbocycles. The Morgan fingerprint density at radius 1 is 0.739 bits per heavy atom. The molecule has 2 radical (unpaired) electrons. The standard InChI is InChI=1S/C21H25N2/c1-14-9-16(3)20(17(4)10-14)23(8-7-22-13-23)21-18(5)11-15(2)12-19(21)6/h7,9-12H,8H2,1-6H3/q+1. The zero-order valence-electron chi connectivity index (χ0n) is 15.0. The van der Waals surface area contributed by atoms with Gasteiger partial charge in [0.25, 0.3) is 0 Å². The fraction of sp³-hybridized carbons (Fsp3) is 0.333. The lowest BCUT2D eigenvalue weighted by Crippen LogP contribution is -2.41. The highest BCUT2D eigenvalue weighted by Gasteiger charge is 2.43. The summed E-state index contributed by atoms with van der Waals surface area (Å²) in [5.74, 6) is 0. The van der Waals surface area contributed by atoms with Gasteiger partial charge in [-0.05, 0) is 41.5 Å². The second-order valence-corrected chi connectivity index (χ2v) is 6.90. The molecule has 2 aromatic carbocycles. The zero-order chi connectivity index (χ0) is 16.8. The molecule has 0 fully saturated rings. The highest BCUT2D eigenvalue weighted by atomic mass is 15.4. The molecule has 1 aliphatic heterocycles. The number of hydrogen-bond donors (Lipinski definition) is 0. The molecule has 0 amide bonds. The lowest BCUT2D eigenvalue weighted by Gasteiger charge is -2.34. The van der Waals surface area contributed by atoms with Crippen LogP contribution in [0.1, 0.15) is 33.4 Å². The molecule has 2 heteroatoms. The monoisotopic (exact) mass is 305 g/mol. The number of aryl methyl sites for hydroxylation is 6. The van der Waals surface area contributed by atoms with Crippen LogP contribution < -0.4 is 4.48 Å². The first-order valence-corrected chi connectivity index (χ1v) is 8.19. The third-order valence-corrected chi connectivity index (χ3v) is 4.71. The van der Waals surface area contributed by atoms with Crippen molar-refractivity contribution in [2.75, 3.05) is 6.54 Å². The van der Waals surface area contributed by atoms with Crippen molar-refractivity contribution in [2.45, 2.75) is 41.5 Å². The number of nitrogens with zero attached hydrogens (tertiary/aromatic N) is 2. The smallest absolute Gasteiger partial charge is 0.214 e. The minimum atomic E-state index is 0.579. The van der Waals surface area contributed by atoms with Gasteiger partial charge in [-0.25, -0.2) is 9.48 Å². The van der Waals surface area contributed by atoms with E-state index < -0.39 is 0 Å². The molecule has 0 saturated heterocycles. The predicted molar refractivity (Wildman–Crippen MR) is 99.4 cm³/mol. The number of rotatable bonds is 2. The summed E-state index contributed by atoms with van der Waals surface area (Å²) >= 11 is 0. The van der Waals surface area contributed by atoms with Gasteiger partial charge < -0.3 is 0 Å². The number of aliphatic imine (C=N–C) groups is 1. The van der Waals surface area contributed by atoms with E-state index in [9.17, 15) is 0 Å². The molecule has 0 aromatic heterocycles. The summed E-state index contributed by atoms with van der Waals surface area (Å²) in [5.41, 5.74) is 10.4. The molecule has 1 heterocycles. The van der Waals surface area contributed by atoms with E-state index in [-0.39, 0.29) is 0 Å². The van der Waals surface area contributed by atoms with Gasteiger partial charge in [-0.2, -0.15) is 0 Å². The molecule has 0 aliphatic carbocycles. The van der Waals surface area contributed by atoms with Gasteiger partial charge in [0, 0.05) is 22.3 Å². The Bertz CT molecular complexity index is 686.